The van der Waals surface area contributed by atoms with Crippen molar-refractivity contribution in [3.05, 3.63) is 119 Å². The average Bonchev–Trinajstić information content (AvgIpc) is 3.87. The molecule has 0 aliphatic carbocycles. The van der Waals surface area contributed by atoms with Crippen LogP contribution in [-0.4, -0.2) is 87.6 Å². The summed E-state index contributed by atoms with van der Waals surface area (Å²) >= 11 is 0. The van der Waals surface area contributed by atoms with E-state index in [2.05, 4.69) is 46.3 Å². The fourth-order valence-corrected chi connectivity index (χ4v) is 10.4. The number of carbonyl (C=O) groups is 5. The van der Waals surface area contributed by atoms with Crippen molar-refractivity contribution in [3.63, 3.8) is 0 Å². The maximum absolute atomic E-state index is 13.9. The van der Waals surface area contributed by atoms with Crippen LogP contribution in [0.25, 0.3) is 33.0 Å². The van der Waals surface area contributed by atoms with Crippen LogP contribution in [0, 0.1) is 11.2 Å². The predicted octanol–water partition coefficient (Wildman–Crippen LogP) is 6.64. The van der Waals surface area contributed by atoms with E-state index in [0.29, 0.717) is 19.6 Å². The molecule has 3 saturated heterocycles. The van der Waals surface area contributed by atoms with Crippen molar-refractivity contribution in [2.75, 3.05) is 31.1 Å². The summed E-state index contributed by atoms with van der Waals surface area (Å²) in [5.41, 5.74) is 7.37. The molecule has 5 aliphatic rings. The number of rotatable bonds is 6. The van der Waals surface area contributed by atoms with E-state index in [0.717, 1.165) is 93.6 Å². The van der Waals surface area contributed by atoms with E-state index in [1.807, 2.05) is 18.2 Å². The highest BCUT2D eigenvalue weighted by molar-refractivity contribution is 6.23. The number of nitrogens with one attached hydrogen (secondary N) is 1. The Balaban J connectivity index is 0.780. The first-order valence-corrected chi connectivity index (χ1v) is 20.7. The van der Waals surface area contributed by atoms with E-state index in [1.54, 1.807) is 41.3 Å². The lowest BCUT2D eigenvalue weighted by Gasteiger charge is -2.40. The first kappa shape index (κ1) is 37.8. The van der Waals surface area contributed by atoms with E-state index >= 15 is 0 Å². The zero-order valence-corrected chi connectivity index (χ0v) is 33.2. The number of benzene rings is 5. The van der Waals surface area contributed by atoms with Gasteiger partial charge in [-0.15, -0.1) is 0 Å². The highest BCUT2D eigenvalue weighted by atomic mass is 19.1. The minimum Gasteiger partial charge on any atom is -0.508 e. The van der Waals surface area contributed by atoms with Crippen LogP contribution in [0.1, 0.15) is 70.9 Å². The van der Waals surface area contributed by atoms with Crippen molar-refractivity contribution in [3.8, 4) is 28.0 Å². The fraction of sp³-hybridized carbons (Fsp3) is 0.312. The number of halogens is 1. The lowest BCUT2D eigenvalue weighted by molar-refractivity contribution is -0.136. The first-order chi connectivity index (χ1) is 28.9. The van der Waals surface area contributed by atoms with Crippen molar-refractivity contribution in [2.45, 2.75) is 64.2 Å². The number of imide groups is 2. The maximum atomic E-state index is 13.9. The van der Waals surface area contributed by atoms with Gasteiger partial charge in [-0.05, 0) is 131 Å². The molecule has 5 amide bonds. The second kappa shape index (κ2) is 14.4. The van der Waals surface area contributed by atoms with Crippen LogP contribution in [0.5, 0.6) is 5.75 Å². The summed E-state index contributed by atoms with van der Waals surface area (Å²) < 4.78 is 13.9. The molecule has 5 heterocycles. The Bertz CT molecular complexity index is 2590. The summed E-state index contributed by atoms with van der Waals surface area (Å²) in [7, 11) is 0. The number of anilines is 1. The third-order valence-corrected chi connectivity index (χ3v) is 13.6. The summed E-state index contributed by atoms with van der Waals surface area (Å²) in [4.78, 5) is 72.2. The van der Waals surface area contributed by atoms with Gasteiger partial charge < -0.3 is 14.9 Å². The molecule has 1 spiro atoms. The molecule has 5 aliphatic heterocycles. The smallest absolute Gasteiger partial charge is 0.262 e. The minimum absolute atomic E-state index is 0.0150. The molecule has 0 aromatic heterocycles. The van der Waals surface area contributed by atoms with E-state index in [-0.39, 0.29) is 52.9 Å². The molecule has 304 valence electrons. The normalized spacial score (nSPS) is 21.3. The standard InChI is InChI=1S/C48H44FN5O6/c1-28-23-48(27-53(28)26-43(57)52-24-32-21-39-40(22-33(32)25-52)47(60)54(46(39)59)41-14-15-42(56)50-45(41)58)16-18-51(19-17-48)35-9-4-30(5-10-35)44-37(29-2-7-34(49)8-3-29)12-6-31-20-36(55)11-13-38(31)44/h2-13,20-22,28,41,55H,14-19,23-27H2,1H3,(H,50,56,58)/t28-,41?/m1/s1. The summed E-state index contributed by atoms with van der Waals surface area (Å²) in [5.74, 6) is -2.21. The summed E-state index contributed by atoms with van der Waals surface area (Å²) in [6.45, 7) is 5.87. The van der Waals surface area contributed by atoms with Crippen LogP contribution in [-0.2, 0) is 27.5 Å². The molecule has 5 aromatic rings. The molecule has 1 unspecified atom stereocenters. The molecule has 0 radical (unpaired) electrons. The number of hydrogen-bond donors (Lipinski definition) is 2. The van der Waals surface area contributed by atoms with Gasteiger partial charge in [-0.25, -0.2) is 4.39 Å². The van der Waals surface area contributed by atoms with Crippen LogP contribution in [0.15, 0.2) is 91.0 Å². The Morgan fingerprint density at radius 2 is 1.48 bits per heavy atom. The zero-order valence-electron chi connectivity index (χ0n) is 33.2. The number of hydrogen-bond acceptors (Lipinski definition) is 8. The van der Waals surface area contributed by atoms with E-state index in [1.165, 1.54) is 12.1 Å². The Labute approximate surface area is 346 Å². The number of amides is 5. The number of fused-ring (bicyclic) bond motifs is 3. The van der Waals surface area contributed by atoms with Gasteiger partial charge in [0, 0.05) is 50.9 Å². The van der Waals surface area contributed by atoms with Crippen molar-refractivity contribution < 1.29 is 33.5 Å². The average molecular weight is 806 g/mol. The molecular weight excluding hydrogens is 762 g/mol. The van der Waals surface area contributed by atoms with Crippen molar-refractivity contribution in [2.24, 2.45) is 5.41 Å². The van der Waals surface area contributed by atoms with Crippen LogP contribution in [0.3, 0.4) is 0 Å². The molecule has 12 heteroatoms. The fourth-order valence-electron chi connectivity index (χ4n) is 10.4. The molecule has 0 bridgehead atoms. The number of piperidine rings is 2. The molecule has 2 atom stereocenters. The van der Waals surface area contributed by atoms with Gasteiger partial charge in [-0.3, -0.25) is 39.1 Å². The van der Waals surface area contributed by atoms with Gasteiger partial charge in [0.25, 0.3) is 11.8 Å². The second-order valence-corrected chi connectivity index (χ2v) is 17.3. The van der Waals surface area contributed by atoms with Crippen molar-refractivity contribution in [1.82, 2.24) is 20.0 Å². The Kier molecular flexibility index (Phi) is 9.09. The van der Waals surface area contributed by atoms with Crippen molar-refractivity contribution in [1.29, 1.82) is 0 Å². The predicted molar refractivity (Wildman–Crippen MR) is 223 cm³/mol. The highest BCUT2D eigenvalue weighted by Crippen LogP contribution is 2.45. The van der Waals surface area contributed by atoms with Gasteiger partial charge in [-0.1, -0.05) is 42.5 Å². The number of phenols is 1. The molecule has 60 heavy (non-hydrogen) atoms. The van der Waals surface area contributed by atoms with Crippen LogP contribution >= 0.6 is 0 Å². The maximum Gasteiger partial charge on any atom is 0.262 e. The number of nitrogens with zero attached hydrogens (tertiary/aromatic N) is 4. The SMILES string of the molecule is C[C@@H]1CC2(CCN(c3ccc(-c4c(-c5ccc(F)cc5)ccc5cc(O)ccc45)cc3)CC2)CN1CC(=O)N1Cc2cc3c(cc2C1)C(=O)N(C1CCC(=O)NC1=O)C3=O. The van der Waals surface area contributed by atoms with Crippen LogP contribution in [0.2, 0.25) is 0 Å². The Morgan fingerprint density at radius 1 is 0.817 bits per heavy atom. The minimum atomic E-state index is -1.02. The second-order valence-electron chi connectivity index (χ2n) is 17.3. The summed E-state index contributed by atoms with van der Waals surface area (Å²) in [6, 6.07) is 27.2. The van der Waals surface area contributed by atoms with Gasteiger partial charge in [0.2, 0.25) is 17.7 Å². The molecule has 11 nitrogen and oxygen atoms in total. The van der Waals surface area contributed by atoms with Gasteiger partial charge in [0.15, 0.2) is 0 Å². The highest BCUT2D eigenvalue weighted by Gasteiger charge is 2.47. The third kappa shape index (κ3) is 6.50. The lowest BCUT2D eigenvalue weighted by Crippen LogP contribution is -2.54. The number of carbonyl (C=O) groups excluding carboxylic acids is 5. The zero-order chi connectivity index (χ0) is 41.4. The van der Waals surface area contributed by atoms with E-state index < -0.39 is 29.7 Å². The molecule has 5 aromatic carbocycles. The molecular formula is C48H44FN5O6. The molecule has 0 saturated carbocycles. The topological polar surface area (TPSA) is 131 Å². The Hall–Kier alpha value is -6.40. The molecule has 2 N–H and O–H groups in total. The van der Waals surface area contributed by atoms with E-state index in [9.17, 15) is 33.5 Å². The number of phenolic OH excluding ortho intramolecular Hbond substituents is 1. The van der Waals surface area contributed by atoms with Gasteiger partial charge in [0.1, 0.15) is 17.6 Å². The quantitative estimate of drug-likeness (QED) is 0.183. The number of aromatic hydroxyl groups is 1. The lowest BCUT2D eigenvalue weighted by atomic mass is 9.76. The summed E-state index contributed by atoms with van der Waals surface area (Å²) in [5, 5.41) is 14.4. The first-order valence-electron chi connectivity index (χ1n) is 20.7. The molecule has 10 rings (SSSR count). The van der Waals surface area contributed by atoms with Gasteiger partial charge in [0.05, 0.1) is 17.7 Å². The van der Waals surface area contributed by atoms with Crippen LogP contribution < -0.4 is 10.2 Å². The largest absolute Gasteiger partial charge is 0.508 e. The number of likely N-dealkylation sites (tertiary alicyclic amines) is 1. The molecule has 3 fully saturated rings. The summed E-state index contributed by atoms with van der Waals surface area (Å²) in [6.07, 6.45) is 3.22. The van der Waals surface area contributed by atoms with Gasteiger partial charge in [-0.2, -0.15) is 0 Å². The Morgan fingerprint density at radius 3 is 2.15 bits per heavy atom. The monoisotopic (exact) mass is 805 g/mol. The third-order valence-electron chi connectivity index (χ3n) is 13.6. The van der Waals surface area contributed by atoms with Crippen molar-refractivity contribution >= 4 is 46.0 Å². The van der Waals surface area contributed by atoms with E-state index in [4.69, 9.17) is 0 Å². The van der Waals surface area contributed by atoms with Crippen LogP contribution in [0.4, 0.5) is 10.1 Å². The van der Waals surface area contributed by atoms with Gasteiger partial charge >= 0.3 is 0 Å².